The maximum Gasteiger partial charge on any atom is 0.162 e. The molecule has 0 aliphatic rings. The van der Waals surface area contributed by atoms with E-state index in [1.54, 1.807) is 23.1 Å². The van der Waals surface area contributed by atoms with Crippen molar-refractivity contribution in [2.75, 3.05) is 11.4 Å². The predicted molar refractivity (Wildman–Crippen MR) is 75.5 cm³/mol. The Morgan fingerprint density at radius 1 is 1.10 bits per heavy atom. The zero-order chi connectivity index (χ0) is 14.7. The zero-order valence-corrected chi connectivity index (χ0v) is 11.4. The third-order valence-corrected chi connectivity index (χ3v) is 3.09. The van der Waals surface area contributed by atoms with E-state index in [9.17, 15) is 13.6 Å². The summed E-state index contributed by atoms with van der Waals surface area (Å²) in [6.45, 7) is 3.71. The van der Waals surface area contributed by atoms with Crippen molar-refractivity contribution in [1.82, 2.24) is 0 Å². The summed E-state index contributed by atoms with van der Waals surface area (Å²) in [7, 11) is 0. The van der Waals surface area contributed by atoms with Gasteiger partial charge in [-0.25, -0.2) is 8.78 Å². The molecule has 0 saturated carbocycles. The summed E-state index contributed by atoms with van der Waals surface area (Å²) < 4.78 is 27.1. The molecule has 2 aromatic rings. The maximum atomic E-state index is 14.1. The number of anilines is 2. The summed E-state index contributed by atoms with van der Waals surface area (Å²) in [6, 6.07) is 10.2. The third-order valence-electron chi connectivity index (χ3n) is 3.09. The van der Waals surface area contributed by atoms with Gasteiger partial charge in [-0.15, -0.1) is 0 Å². The average molecular weight is 275 g/mol. The van der Waals surface area contributed by atoms with E-state index >= 15 is 0 Å². The van der Waals surface area contributed by atoms with E-state index in [4.69, 9.17) is 0 Å². The summed E-state index contributed by atoms with van der Waals surface area (Å²) in [4.78, 5) is 13.3. The van der Waals surface area contributed by atoms with Gasteiger partial charge < -0.3 is 4.90 Å². The summed E-state index contributed by atoms with van der Waals surface area (Å²) in [6.07, 6.45) is 0. The molecule has 0 unspecified atom stereocenters. The molecule has 104 valence electrons. The van der Waals surface area contributed by atoms with Crippen LogP contribution in [0, 0.1) is 11.6 Å². The molecule has 0 fully saturated rings. The van der Waals surface area contributed by atoms with Gasteiger partial charge in [0.25, 0.3) is 0 Å². The number of benzene rings is 2. The Morgan fingerprint density at radius 3 is 2.30 bits per heavy atom. The van der Waals surface area contributed by atoms with Gasteiger partial charge in [0.05, 0.1) is 5.69 Å². The fourth-order valence-electron chi connectivity index (χ4n) is 2.16. The number of nitrogens with zero attached hydrogens (tertiary/aromatic N) is 1. The summed E-state index contributed by atoms with van der Waals surface area (Å²) >= 11 is 0. The van der Waals surface area contributed by atoms with Crippen LogP contribution in [0.1, 0.15) is 24.2 Å². The van der Waals surface area contributed by atoms with Gasteiger partial charge in [0, 0.05) is 17.8 Å². The second-order valence-corrected chi connectivity index (χ2v) is 4.41. The maximum absolute atomic E-state index is 14.1. The van der Waals surface area contributed by atoms with Crippen LogP contribution in [-0.4, -0.2) is 12.3 Å². The predicted octanol–water partition coefficient (Wildman–Crippen LogP) is 4.33. The molecule has 0 aliphatic heterocycles. The van der Waals surface area contributed by atoms with Crippen LogP contribution in [0.3, 0.4) is 0 Å². The smallest absolute Gasteiger partial charge is 0.162 e. The molecule has 0 bridgehead atoms. The van der Waals surface area contributed by atoms with E-state index in [-0.39, 0.29) is 17.3 Å². The van der Waals surface area contributed by atoms with Crippen molar-refractivity contribution in [3.63, 3.8) is 0 Å². The first-order valence-corrected chi connectivity index (χ1v) is 6.37. The zero-order valence-electron chi connectivity index (χ0n) is 11.4. The Balaban J connectivity index is 2.57. The van der Waals surface area contributed by atoms with E-state index in [0.717, 1.165) is 0 Å². The molecule has 0 saturated heterocycles. The second kappa shape index (κ2) is 5.82. The lowest BCUT2D eigenvalue weighted by molar-refractivity contribution is 0.101. The van der Waals surface area contributed by atoms with Crippen molar-refractivity contribution in [2.45, 2.75) is 13.8 Å². The van der Waals surface area contributed by atoms with Crippen molar-refractivity contribution in [3.05, 3.63) is 59.7 Å². The van der Waals surface area contributed by atoms with Crippen molar-refractivity contribution < 1.29 is 13.6 Å². The van der Waals surface area contributed by atoms with Gasteiger partial charge >= 0.3 is 0 Å². The van der Waals surface area contributed by atoms with Crippen LogP contribution in [0.2, 0.25) is 0 Å². The van der Waals surface area contributed by atoms with E-state index in [2.05, 4.69) is 0 Å². The number of hydrogen-bond acceptors (Lipinski definition) is 2. The number of para-hydroxylation sites is 1. The van der Waals surface area contributed by atoms with Gasteiger partial charge in [-0.3, -0.25) is 4.79 Å². The van der Waals surface area contributed by atoms with Crippen LogP contribution >= 0.6 is 0 Å². The Hall–Kier alpha value is -2.23. The molecule has 0 N–H and O–H groups in total. The first-order chi connectivity index (χ1) is 9.54. The highest BCUT2D eigenvalue weighted by atomic mass is 19.1. The quantitative estimate of drug-likeness (QED) is 0.774. The molecule has 0 radical (unpaired) electrons. The molecule has 20 heavy (non-hydrogen) atoms. The lowest BCUT2D eigenvalue weighted by Crippen LogP contribution is -2.20. The molecular formula is C16H15F2NO. The van der Waals surface area contributed by atoms with Gasteiger partial charge in [-0.1, -0.05) is 6.07 Å². The minimum atomic E-state index is -0.469. The summed E-state index contributed by atoms with van der Waals surface area (Å²) in [5.41, 5.74) is 1.19. The van der Waals surface area contributed by atoms with E-state index in [1.165, 1.54) is 31.2 Å². The monoisotopic (exact) mass is 275 g/mol. The molecule has 0 aliphatic carbocycles. The van der Waals surface area contributed by atoms with Crippen LogP contribution < -0.4 is 4.90 Å². The highest BCUT2D eigenvalue weighted by molar-refractivity contribution is 6.00. The lowest BCUT2D eigenvalue weighted by Gasteiger charge is -2.25. The summed E-state index contributed by atoms with van der Waals surface area (Å²) in [5, 5.41) is 0. The minimum absolute atomic E-state index is 0.208. The Labute approximate surface area is 116 Å². The molecule has 2 rings (SSSR count). The first kappa shape index (κ1) is 14.2. The van der Waals surface area contributed by atoms with Crippen LogP contribution in [0.5, 0.6) is 0 Å². The number of Topliss-reactive ketones (excluding diaryl/α,β-unsaturated/α-hetero) is 1. The third kappa shape index (κ3) is 2.69. The molecule has 0 atom stereocenters. The highest BCUT2D eigenvalue weighted by Gasteiger charge is 2.18. The number of carbonyl (C=O) groups excluding carboxylic acids is 1. The van der Waals surface area contributed by atoms with Crippen LogP contribution in [0.25, 0.3) is 0 Å². The van der Waals surface area contributed by atoms with Crippen molar-refractivity contribution in [3.8, 4) is 0 Å². The SMILES string of the molecule is CCN(c1ccc(F)cc1)c1c(F)cccc1C(C)=O. The van der Waals surface area contributed by atoms with E-state index in [0.29, 0.717) is 17.8 Å². The number of carbonyl (C=O) groups is 1. The highest BCUT2D eigenvalue weighted by Crippen LogP contribution is 2.31. The number of rotatable bonds is 4. The largest absolute Gasteiger partial charge is 0.339 e. The van der Waals surface area contributed by atoms with Crippen molar-refractivity contribution in [1.29, 1.82) is 0 Å². The molecule has 2 nitrogen and oxygen atoms in total. The van der Waals surface area contributed by atoms with Crippen LogP contribution in [0.4, 0.5) is 20.2 Å². The number of hydrogen-bond donors (Lipinski definition) is 0. The molecule has 0 amide bonds. The molecular weight excluding hydrogens is 260 g/mol. The molecule has 4 heteroatoms. The number of halogens is 2. The normalized spacial score (nSPS) is 10.4. The van der Waals surface area contributed by atoms with Crippen LogP contribution in [0.15, 0.2) is 42.5 Å². The van der Waals surface area contributed by atoms with Crippen molar-refractivity contribution in [2.24, 2.45) is 0 Å². The van der Waals surface area contributed by atoms with Crippen LogP contribution in [-0.2, 0) is 0 Å². The lowest BCUT2D eigenvalue weighted by atomic mass is 10.1. The van der Waals surface area contributed by atoms with Gasteiger partial charge in [0.1, 0.15) is 11.6 Å². The fourth-order valence-corrected chi connectivity index (χ4v) is 2.16. The van der Waals surface area contributed by atoms with E-state index < -0.39 is 5.82 Å². The molecule has 2 aromatic carbocycles. The Morgan fingerprint density at radius 2 is 1.75 bits per heavy atom. The minimum Gasteiger partial charge on any atom is -0.339 e. The fraction of sp³-hybridized carbons (Fsp3) is 0.188. The molecule has 0 heterocycles. The van der Waals surface area contributed by atoms with E-state index in [1.807, 2.05) is 6.92 Å². The Kier molecular flexibility index (Phi) is 4.13. The molecule has 0 aromatic heterocycles. The summed E-state index contributed by atoms with van der Waals surface area (Å²) in [5.74, 6) is -1.03. The van der Waals surface area contributed by atoms with Gasteiger partial charge in [0.2, 0.25) is 0 Å². The van der Waals surface area contributed by atoms with Gasteiger partial charge in [-0.2, -0.15) is 0 Å². The first-order valence-electron chi connectivity index (χ1n) is 6.37. The van der Waals surface area contributed by atoms with Gasteiger partial charge in [-0.05, 0) is 50.2 Å². The Bertz CT molecular complexity index is 623. The van der Waals surface area contributed by atoms with Crippen molar-refractivity contribution >= 4 is 17.2 Å². The topological polar surface area (TPSA) is 20.3 Å². The molecule has 0 spiro atoms. The second-order valence-electron chi connectivity index (χ2n) is 4.41. The van der Waals surface area contributed by atoms with Gasteiger partial charge in [0.15, 0.2) is 5.78 Å². The standard InChI is InChI=1S/C16H15F2NO/c1-3-19(13-9-7-12(17)8-10-13)16-14(11(2)20)5-4-6-15(16)18/h4-10H,3H2,1-2H3. The average Bonchev–Trinajstić information content (AvgIpc) is 2.43. The number of ketones is 1.